The average Bonchev–Trinajstić information content (AvgIpc) is 2.29. The zero-order chi connectivity index (χ0) is 13.9. The van der Waals surface area contributed by atoms with Crippen molar-refractivity contribution in [3.05, 3.63) is 32.0 Å². The fourth-order valence-corrected chi connectivity index (χ4v) is 1.67. The largest absolute Gasteiger partial charge is 0.469 e. The second-order valence-corrected chi connectivity index (χ2v) is 3.90. The first-order valence-corrected chi connectivity index (χ1v) is 5.34. The topological polar surface area (TPSA) is 82.3 Å². The average molecular weight is 325 g/mol. The van der Waals surface area contributed by atoms with Crippen molar-refractivity contribution in [3.8, 4) is 0 Å². The molecule has 0 aliphatic carbocycles. The molecule has 0 radical (unpaired) electrons. The summed E-state index contributed by atoms with van der Waals surface area (Å²) in [5.41, 5.74) is -1.40. The van der Waals surface area contributed by atoms with E-state index in [9.17, 15) is 23.7 Å². The monoisotopic (exact) mass is 324 g/mol. The van der Waals surface area contributed by atoms with Crippen LogP contribution in [0.3, 0.4) is 0 Å². The van der Waals surface area contributed by atoms with Gasteiger partial charge in [0.2, 0.25) is 0 Å². The lowest BCUT2D eigenvalue weighted by Crippen LogP contribution is -2.10. The molecule has 0 N–H and O–H groups in total. The van der Waals surface area contributed by atoms with E-state index >= 15 is 0 Å². The van der Waals surface area contributed by atoms with Crippen LogP contribution >= 0.6 is 15.9 Å². The molecule has 1 aromatic rings. The lowest BCUT2D eigenvalue weighted by Gasteiger charge is -2.07. The molecular weight excluding hydrogens is 318 g/mol. The van der Waals surface area contributed by atoms with E-state index in [1.54, 1.807) is 0 Å². The van der Waals surface area contributed by atoms with Crippen molar-refractivity contribution in [1.29, 1.82) is 0 Å². The Hall–Kier alpha value is -1.64. The molecule has 0 saturated heterocycles. The van der Waals surface area contributed by atoms with Crippen molar-refractivity contribution < 1.29 is 23.2 Å². The molecule has 0 saturated carbocycles. The minimum Gasteiger partial charge on any atom is -0.469 e. The fourth-order valence-electron chi connectivity index (χ4n) is 1.22. The zero-order valence-corrected chi connectivity index (χ0v) is 10.6. The van der Waals surface area contributed by atoms with Crippen LogP contribution in [0.4, 0.5) is 14.5 Å². The van der Waals surface area contributed by atoms with E-state index in [1.807, 2.05) is 0 Å². The minimum atomic E-state index is -2.94. The van der Waals surface area contributed by atoms with Crippen LogP contribution in [0.5, 0.6) is 0 Å². The number of pyridine rings is 1. The fraction of sp³-hybridized carbons (Fsp3) is 0.333. The van der Waals surface area contributed by atoms with Gasteiger partial charge in [0.05, 0.1) is 18.5 Å². The maximum atomic E-state index is 12.7. The molecule has 1 aromatic heterocycles. The number of halogens is 3. The predicted molar refractivity (Wildman–Crippen MR) is 59.3 cm³/mol. The number of esters is 1. The second kappa shape index (κ2) is 5.80. The van der Waals surface area contributed by atoms with E-state index in [-0.39, 0.29) is 10.2 Å². The van der Waals surface area contributed by atoms with Gasteiger partial charge >= 0.3 is 11.7 Å². The molecule has 0 aliphatic rings. The molecule has 0 spiro atoms. The van der Waals surface area contributed by atoms with Crippen molar-refractivity contribution in [2.45, 2.75) is 12.8 Å². The lowest BCUT2D eigenvalue weighted by molar-refractivity contribution is -0.386. The number of nitro groups is 1. The summed E-state index contributed by atoms with van der Waals surface area (Å²) in [4.78, 5) is 24.3. The Bertz CT molecular complexity index is 496. The minimum absolute atomic E-state index is 0.230. The Morgan fingerprint density at radius 2 is 2.28 bits per heavy atom. The molecule has 0 bridgehead atoms. The van der Waals surface area contributed by atoms with E-state index < -0.39 is 35.1 Å². The number of methoxy groups -OCH3 is 1. The van der Waals surface area contributed by atoms with Crippen LogP contribution in [-0.2, 0) is 16.0 Å². The van der Waals surface area contributed by atoms with E-state index in [4.69, 9.17) is 0 Å². The molecule has 0 unspecified atom stereocenters. The number of alkyl halides is 2. The van der Waals surface area contributed by atoms with Gasteiger partial charge in [-0.3, -0.25) is 14.9 Å². The maximum Gasteiger partial charge on any atom is 0.310 e. The van der Waals surface area contributed by atoms with Gasteiger partial charge in [0.15, 0.2) is 4.60 Å². The maximum absolute atomic E-state index is 12.7. The predicted octanol–water partition coefficient (Wildman–Crippen LogP) is 2.41. The molecule has 0 amide bonds. The zero-order valence-electron chi connectivity index (χ0n) is 9.02. The van der Waals surface area contributed by atoms with Crippen molar-refractivity contribution in [3.63, 3.8) is 0 Å². The first kappa shape index (κ1) is 14.4. The molecule has 0 aromatic carbocycles. The number of ether oxygens (including phenoxy) is 1. The van der Waals surface area contributed by atoms with Gasteiger partial charge in [-0.05, 0) is 21.5 Å². The molecule has 6 nitrogen and oxygen atoms in total. The van der Waals surface area contributed by atoms with E-state index in [1.165, 1.54) is 0 Å². The smallest absolute Gasteiger partial charge is 0.310 e. The van der Waals surface area contributed by atoms with Crippen molar-refractivity contribution in [2.75, 3.05) is 7.11 Å². The highest BCUT2D eigenvalue weighted by molar-refractivity contribution is 9.10. The molecule has 1 heterocycles. The van der Waals surface area contributed by atoms with Crippen molar-refractivity contribution >= 4 is 27.6 Å². The number of nitrogens with zero attached hydrogens (tertiary/aromatic N) is 2. The van der Waals surface area contributed by atoms with Crippen molar-refractivity contribution in [1.82, 2.24) is 4.98 Å². The number of carbonyl (C=O) groups is 1. The number of aromatic nitrogens is 1. The van der Waals surface area contributed by atoms with Crippen LogP contribution < -0.4 is 0 Å². The summed E-state index contributed by atoms with van der Waals surface area (Å²) in [6.45, 7) is 0. The number of hydrogen-bond donors (Lipinski definition) is 0. The molecule has 0 atom stereocenters. The third kappa shape index (κ3) is 3.19. The summed E-state index contributed by atoms with van der Waals surface area (Å²) < 4.78 is 29.4. The van der Waals surface area contributed by atoms with Gasteiger partial charge in [0.25, 0.3) is 6.43 Å². The van der Waals surface area contributed by atoms with Gasteiger partial charge in [0, 0.05) is 6.07 Å². The van der Waals surface area contributed by atoms with E-state index in [0.717, 1.165) is 13.2 Å². The van der Waals surface area contributed by atoms with Gasteiger partial charge in [-0.15, -0.1) is 0 Å². The Morgan fingerprint density at radius 3 is 2.72 bits per heavy atom. The van der Waals surface area contributed by atoms with Gasteiger partial charge in [-0.2, -0.15) is 0 Å². The van der Waals surface area contributed by atoms with Crippen LogP contribution in [0.15, 0.2) is 10.7 Å². The molecule has 98 valence electrons. The Kier molecular flexibility index (Phi) is 4.65. The highest BCUT2D eigenvalue weighted by Crippen LogP contribution is 2.30. The number of hydrogen-bond acceptors (Lipinski definition) is 5. The van der Waals surface area contributed by atoms with Crippen LogP contribution in [0.25, 0.3) is 0 Å². The third-order valence-corrected chi connectivity index (χ3v) is 2.62. The molecule has 18 heavy (non-hydrogen) atoms. The number of carbonyl (C=O) groups excluding carboxylic acids is 1. The molecule has 9 heteroatoms. The standard InChI is InChI=1S/C9H7BrF2N2O4/c1-18-6(15)3-4-2-5(14(16)17)8(10)13-7(4)9(11)12/h2,9H,3H2,1H3. The quantitative estimate of drug-likeness (QED) is 0.367. The summed E-state index contributed by atoms with van der Waals surface area (Å²) in [5, 5.41) is 10.6. The van der Waals surface area contributed by atoms with Crippen LogP contribution in [0.1, 0.15) is 17.7 Å². The Balaban J connectivity index is 3.30. The molecular formula is C9H7BrF2N2O4. The van der Waals surface area contributed by atoms with Gasteiger partial charge < -0.3 is 4.74 Å². The van der Waals surface area contributed by atoms with Crippen molar-refractivity contribution in [2.24, 2.45) is 0 Å². The summed E-state index contributed by atoms with van der Waals surface area (Å²) in [6.07, 6.45) is -3.45. The lowest BCUT2D eigenvalue weighted by atomic mass is 10.1. The Labute approximate surface area is 108 Å². The molecule has 0 aliphatic heterocycles. The SMILES string of the molecule is COC(=O)Cc1cc([N+](=O)[O-])c(Br)nc1C(F)F. The highest BCUT2D eigenvalue weighted by Gasteiger charge is 2.24. The van der Waals surface area contributed by atoms with Crippen LogP contribution in [-0.4, -0.2) is 23.0 Å². The molecule has 0 fully saturated rings. The first-order valence-electron chi connectivity index (χ1n) is 4.55. The van der Waals surface area contributed by atoms with Crippen LogP contribution in [0, 0.1) is 10.1 Å². The first-order chi connectivity index (χ1) is 8.36. The number of rotatable bonds is 4. The summed E-state index contributed by atoms with van der Waals surface area (Å²) >= 11 is 2.73. The van der Waals surface area contributed by atoms with E-state index in [0.29, 0.717) is 0 Å². The van der Waals surface area contributed by atoms with Gasteiger partial charge in [0.1, 0.15) is 5.69 Å². The summed E-state index contributed by atoms with van der Waals surface area (Å²) in [7, 11) is 1.09. The van der Waals surface area contributed by atoms with Crippen LogP contribution in [0.2, 0.25) is 0 Å². The normalized spacial score (nSPS) is 10.5. The molecule has 1 rings (SSSR count). The third-order valence-electron chi connectivity index (χ3n) is 2.04. The summed E-state index contributed by atoms with van der Waals surface area (Å²) in [6, 6.07) is 0.884. The van der Waals surface area contributed by atoms with E-state index in [2.05, 4.69) is 25.7 Å². The van der Waals surface area contributed by atoms with Gasteiger partial charge in [-0.1, -0.05) is 0 Å². The second-order valence-electron chi connectivity index (χ2n) is 3.15. The van der Waals surface area contributed by atoms with Gasteiger partial charge in [-0.25, -0.2) is 13.8 Å². The Morgan fingerprint density at radius 1 is 1.67 bits per heavy atom. The highest BCUT2D eigenvalue weighted by atomic mass is 79.9. The summed E-state index contributed by atoms with van der Waals surface area (Å²) in [5.74, 6) is -0.782.